The van der Waals surface area contributed by atoms with E-state index in [1.807, 2.05) is 0 Å². The van der Waals surface area contributed by atoms with Gasteiger partial charge in [0.05, 0.1) is 14.2 Å². The molecule has 0 fully saturated rings. The van der Waals surface area contributed by atoms with E-state index in [-0.39, 0.29) is 22.8 Å². The molecule has 0 aliphatic rings. The summed E-state index contributed by atoms with van der Waals surface area (Å²) in [6.45, 7) is 0. The van der Waals surface area contributed by atoms with Gasteiger partial charge in [0.25, 0.3) is 0 Å². The van der Waals surface area contributed by atoms with Crippen molar-refractivity contribution in [3.63, 3.8) is 0 Å². The van der Waals surface area contributed by atoms with Crippen LogP contribution in [0.5, 0.6) is 17.2 Å². The average Bonchev–Trinajstić information content (AvgIpc) is 2.27. The minimum Gasteiger partial charge on any atom is -0.502 e. The van der Waals surface area contributed by atoms with Gasteiger partial charge in [-0.3, -0.25) is 0 Å². The summed E-state index contributed by atoms with van der Waals surface area (Å²) in [5.74, 6) is 0.0515. The van der Waals surface area contributed by atoms with Crippen molar-refractivity contribution >= 4 is 34.8 Å². The average molecular weight is 302 g/mol. The Kier molecular flexibility index (Phi) is 4.61. The van der Waals surface area contributed by atoms with Crippen LogP contribution >= 0.6 is 34.8 Å². The number of methoxy groups -OCH3 is 2. The molecule has 0 spiro atoms. The number of hydrogen-bond acceptors (Lipinski definition) is 4. The first-order valence-electron chi connectivity index (χ1n) is 4.51. The zero-order chi connectivity index (χ0) is 13.2. The molecule has 0 aromatic heterocycles. The molecule has 7 heteroatoms. The molecule has 2 N–H and O–H groups in total. The quantitative estimate of drug-likeness (QED) is 0.843. The summed E-state index contributed by atoms with van der Waals surface area (Å²) in [5, 5.41) is 19.5. The zero-order valence-corrected chi connectivity index (χ0v) is 11.3. The van der Waals surface area contributed by atoms with Crippen molar-refractivity contribution in [2.45, 2.75) is 9.90 Å². The monoisotopic (exact) mass is 300 g/mol. The molecule has 0 radical (unpaired) electrons. The lowest BCUT2D eigenvalue weighted by Gasteiger charge is -2.20. The summed E-state index contributed by atoms with van der Waals surface area (Å²) in [7, 11) is 2.72. The fourth-order valence-electron chi connectivity index (χ4n) is 1.26. The first-order chi connectivity index (χ1) is 7.81. The van der Waals surface area contributed by atoms with E-state index in [2.05, 4.69) is 0 Å². The van der Waals surface area contributed by atoms with E-state index in [9.17, 15) is 10.2 Å². The first-order valence-corrected chi connectivity index (χ1v) is 5.64. The Labute approximate surface area is 114 Å². The summed E-state index contributed by atoms with van der Waals surface area (Å²) in [5.41, 5.74) is 0.261. The van der Waals surface area contributed by atoms with Gasteiger partial charge in [0, 0.05) is 0 Å². The Hall–Kier alpha value is -0.550. The van der Waals surface area contributed by atoms with Crippen molar-refractivity contribution in [3.05, 3.63) is 17.7 Å². The predicted octanol–water partition coefficient (Wildman–Crippen LogP) is 2.81. The second-order valence-electron chi connectivity index (χ2n) is 3.22. The van der Waals surface area contributed by atoms with Crippen molar-refractivity contribution in [1.82, 2.24) is 0 Å². The SMILES string of the molecule is COc1cc(C(O)C(Cl)(Cl)Cl)cc(OC)c1O. The number of halogens is 3. The highest BCUT2D eigenvalue weighted by molar-refractivity contribution is 6.68. The molecule has 1 unspecified atom stereocenters. The molecule has 0 aliphatic heterocycles. The molecule has 1 atom stereocenters. The van der Waals surface area contributed by atoms with Gasteiger partial charge in [0.2, 0.25) is 9.54 Å². The number of phenols is 1. The highest BCUT2D eigenvalue weighted by Crippen LogP contribution is 2.44. The van der Waals surface area contributed by atoms with Gasteiger partial charge in [-0.1, -0.05) is 34.8 Å². The largest absolute Gasteiger partial charge is 0.502 e. The van der Waals surface area contributed by atoms with Gasteiger partial charge < -0.3 is 19.7 Å². The van der Waals surface area contributed by atoms with E-state index in [4.69, 9.17) is 44.3 Å². The molecule has 0 saturated carbocycles. The molecule has 0 aliphatic carbocycles. The van der Waals surface area contributed by atoms with Gasteiger partial charge in [-0.2, -0.15) is 0 Å². The Morgan fingerprint density at radius 2 is 1.53 bits per heavy atom. The predicted molar refractivity (Wildman–Crippen MR) is 66.5 cm³/mol. The van der Waals surface area contributed by atoms with Crippen LogP contribution in [0.3, 0.4) is 0 Å². The van der Waals surface area contributed by atoms with Crippen LogP contribution < -0.4 is 9.47 Å². The molecule has 96 valence electrons. The fraction of sp³-hybridized carbons (Fsp3) is 0.400. The van der Waals surface area contributed by atoms with Crippen molar-refractivity contribution in [1.29, 1.82) is 0 Å². The number of aromatic hydroxyl groups is 1. The van der Waals surface area contributed by atoms with Crippen LogP contribution in [-0.2, 0) is 0 Å². The van der Waals surface area contributed by atoms with Crippen LogP contribution in [0.1, 0.15) is 11.7 Å². The highest BCUT2D eigenvalue weighted by Gasteiger charge is 2.33. The maximum absolute atomic E-state index is 9.80. The van der Waals surface area contributed by atoms with Crippen LogP contribution in [0.2, 0.25) is 0 Å². The Bertz CT molecular complexity index is 378. The van der Waals surface area contributed by atoms with Crippen molar-refractivity contribution in [2.75, 3.05) is 14.2 Å². The third-order valence-electron chi connectivity index (χ3n) is 2.13. The second-order valence-corrected chi connectivity index (χ2v) is 5.59. The Balaban J connectivity index is 3.27. The van der Waals surface area contributed by atoms with E-state index in [1.54, 1.807) is 0 Å². The summed E-state index contributed by atoms with van der Waals surface area (Å²) >= 11 is 16.8. The van der Waals surface area contributed by atoms with E-state index < -0.39 is 9.90 Å². The number of benzene rings is 1. The molecule has 4 nitrogen and oxygen atoms in total. The van der Waals surface area contributed by atoms with Crippen LogP contribution in [0.4, 0.5) is 0 Å². The molecule has 1 aromatic rings. The second kappa shape index (κ2) is 5.40. The lowest BCUT2D eigenvalue weighted by molar-refractivity contribution is 0.181. The molecule has 1 rings (SSSR count). The fourth-order valence-corrected chi connectivity index (χ4v) is 1.64. The number of phenolic OH excluding ortho intramolecular Hbond substituents is 1. The number of rotatable bonds is 3. The normalized spacial score (nSPS) is 13.3. The van der Waals surface area contributed by atoms with E-state index in [1.165, 1.54) is 26.4 Å². The number of ether oxygens (including phenoxy) is 2. The molecular formula is C10H11Cl3O4. The van der Waals surface area contributed by atoms with Crippen molar-refractivity contribution in [2.24, 2.45) is 0 Å². The minimum absolute atomic E-state index is 0.118. The van der Waals surface area contributed by atoms with Crippen LogP contribution in [-0.4, -0.2) is 28.2 Å². The summed E-state index contributed by atoms with van der Waals surface area (Å²) in [6, 6.07) is 2.73. The van der Waals surface area contributed by atoms with Crippen LogP contribution in [0.25, 0.3) is 0 Å². The topological polar surface area (TPSA) is 58.9 Å². The van der Waals surface area contributed by atoms with Gasteiger partial charge in [-0.05, 0) is 17.7 Å². The maximum atomic E-state index is 9.80. The molecule has 0 saturated heterocycles. The van der Waals surface area contributed by atoms with Crippen molar-refractivity contribution < 1.29 is 19.7 Å². The number of alkyl halides is 3. The molecule has 1 aromatic carbocycles. The van der Waals surface area contributed by atoms with E-state index >= 15 is 0 Å². The molecule has 0 bridgehead atoms. The van der Waals surface area contributed by atoms with Crippen LogP contribution in [0, 0.1) is 0 Å². The molecular weight excluding hydrogens is 290 g/mol. The third-order valence-corrected chi connectivity index (χ3v) is 2.75. The number of aliphatic hydroxyl groups excluding tert-OH is 1. The molecule has 17 heavy (non-hydrogen) atoms. The summed E-state index contributed by atoms with van der Waals surface area (Å²) < 4.78 is 7.96. The van der Waals surface area contributed by atoms with Gasteiger partial charge >= 0.3 is 0 Å². The van der Waals surface area contributed by atoms with E-state index in [0.717, 1.165) is 0 Å². The third kappa shape index (κ3) is 3.22. The maximum Gasteiger partial charge on any atom is 0.220 e. The van der Waals surface area contributed by atoms with Crippen molar-refractivity contribution in [3.8, 4) is 17.2 Å². The highest BCUT2D eigenvalue weighted by atomic mass is 35.6. The smallest absolute Gasteiger partial charge is 0.220 e. The Morgan fingerprint density at radius 3 is 1.82 bits per heavy atom. The van der Waals surface area contributed by atoms with E-state index in [0.29, 0.717) is 0 Å². The van der Waals surface area contributed by atoms with Gasteiger partial charge in [-0.15, -0.1) is 0 Å². The lowest BCUT2D eigenvalue weighted by atomic mass is 10.1. The lowest BCUT2D eigenvalue weighted by Crippen LogP contribution is -2.16. The van der Waals surface area contributed by atoms with Gasteiger partial charge in [0.1, 0.15) is 6.10 Å². The molecule has 0 amide bonds. The van der Waals surface area contributed by atoms with Crippen LogP contribution in [0.15, 0.2) is 12.1 Å². The first kappa shape index (κ1) is 14.5. The minimum atomic E-state index is -1.88. The summed E-state index contributed by atoms with van der Waals surface area (Å²) in [6.07, 6.45) is -1.36. The number of hydrogen-bond donors (Lipinski definition) is 2. The standard InChI is InChI=1S/C10H11Cl3O4/c1-16-6-3-5(9(15)10(11,12)13)4-7(17-2)8(6)14/h3-4,9,14-15H,1-2H3. The van der Waals surface area contributed by atoms with Gasteiger partial charge in [-0.25, -0.2) is 0 Å². The summed E-state index contributed by atoms with van der Waals surface area (Å²) in [4.78, 5) is 0. The number of aliphatic hydroxyl groups is 1. The molecule has 0 heterocycles. The van der Waals surface area contributed by atoms with Gasteiger partial charge in [0.15, 0.2) is 11.5 Å². The Morgan fingerprint density at radius 1 is 1.12 bits per heavy atom. The zero-order valence-electron chi connectivity index (χ0n) is 9.08.